The van der Waals surface area contributed by atoms with Crippen molar-refractivity contribution in [3.8, 4) is 5.75 Å². The van der Waals surface area contributed by atoms with Crippen molar-refractivity contribution >= 4 is 21.6 Å². The number of para-hydroxylation sites is 1. The molecule has 2 heterocycles. The quantitative estimate of drug-likeness (QED) is 0.517. The number of fused-ring (bicyclic) bond motifs is 1. The van der Waals surface area contributed by atoms with Crippen LogP contribution in [0.4, 0.5) is 5.69 Å². The van der Waals surface area contributed by atoms with Gasteiger partial charge in [0, 0.05) is 44.8 Å². The van der Waals surface area contributed by atoms with Gasteiger partial charge in [0.15, 0.2) is 0 Å². The zero-order valence-corrected chi connectivity index (χ0v) is 20.5. The van der Waals surface area contributed by atoms with E-state index in [0.29, 0.717) is 50.6 Å². The summed E-state index contributed by atoms with van der Waals surface area (Å²) in [6, 6.07) is 13.3. The van der Waals surface area contributed by atoms with Crippen molar-refractivity contribution < 1.29 is 22.7 Å². The molecule has 1 fully saturated rings. The Labute approximate surface area is 201 Å². The number of amides is 1. The third-order valence-electron chi connectivity index (χ3n) is 6.39. The Balaban J connectivity index is 1.27. The number of carbonyl (C=O) groups is 1. The van der Waals surface area contributed by atoms with Gasteiger partial charge in [-0.15, -0.1) is 0 Å². The fourth-order valence-corrected chi connectivity index (χ4v) is 5.98. The minimum absolute atomic E-state index is 0.0506. The van der Waals surface area contributed by atoms with E-state index in [-0.39, 0.29) is 17.2 Å². The first kappa shape index (κ1) is 24.5. The van der Waals surface area contributed by atoms with Crippen LogP contribution in [0, 0.1) is 0 Å². The van der Waals surface area contributed by atoms with Gasteiger partial charge in [-0.05, 0) is 54.7 Å². The summed E-state index contributed by atoms with van der Waals surface area (Å²) in [5.74, 6) is 0.534. The molecule has 1 saturated heterocycles. The molecule has 1 N–H and O–H groups in total. The lowest BCUT2D eigenvalue weighted by molar-refractivity contribution is -0.121. The molecule has 0 bridgehead atoms. The molecule has 0 aliphatic carbocycles. The molecule has 0 aromatic heterocycles. The topological polar surface area (TPSA) is 88.2 Å². The van der Waals surface area contributed by atoms with Gasteiger partial charge in [0.2, 0.25) is 15.9 Å². The summed E-state index contributed by atoms with van der Waals surface area (Å²) >= 11 is 0. The number of nitrogens with zero attached hydrogens (tertiary/aromatic N) is 2. The Bertz CT molecular complexity index is 1100. The minimum Gasteiger partial charge on any atom is -0.496 e. The highest BCUT2D eigenvalue weighted by molar-refractivity contribution is 7.89. The largest absolute Gasteiger partial charge is 0.496 e. The van der Waals surface area contributed by atoms with Crippen LogP contribution in [0.25, 0.3) is 0 Å². The predicted molar refractivity (Wildman–Crippen MR) is 131 cm³/mol. The van der Waals surface area contributed by atoms with E-state index in [9.17, 15) is 13.2 Å². The number of rotatable bonds is 10. The van der Waals surface area contributed by atoms with Crippen LogP contribution in [-0.2, 0) is 32.4 Å². The average molecular weight is 488 g/mol. The first-order valence-electron chi connectivity index (χ1n) is 11.8. The number of methoxy groups -OCH3 is 1. The van der Waals surface area contributed by atoms with E-state index in [1.165, 1.54) is 15.6 Å². The number of sulfonamides is 1. The molecule has 0 saturated carbocycles. The summed E-state index contributed by atoms with van der Waals surface area (Å²) in [5, 5.41) is 2.99. The predicted octanol–water partition coefficient (Wildman–Crippen LogP) is 2.22. The van der Waals surface area contributed by atoms with Gasteiger partial charge in [-0.3, -0.25) is 4.79 Å². The van der Waals surface area contributed by atoms with Crippen molar-refractivity contribution in [2.45, 2.75) is 30.6 Å². The summed E-state index contributed by atoms with van der Waals surface area (Å²) < 4.78 is 38.1. The summed E-state index contributed by atoms with van der Waals surface area (Å²) in [4.78, 5) is 15.0. The van der Waals surface area contributed by atoms with E-state index in [0.717, 1.165) is 25.9 Å². The Morgan fingerprint density at radius 3 is 2.71 bits per heavy atom. The number of carbonyl (C=O) groups excluding carboxylic acids is 1. The smallest absolute Gasteiger partial charge is 0.243 e. The van der Waals surface area contributed by atoms with Gasteiger partial charge in [0.1, 0.15) is 5.75 Å². The number of hydrogen-bond acceptors (Lipinski definition) is 6. The molecule has 0 spiro atoms. The molecule has 0 unspecified atom stereocenters. The summed E-state index contributed by atoms with van der Waals surface area (Å²) in [7, 11) is -2.06. The number of benzene rings is 2. The Kier molecular flexibility index (Phi) is 8.07. The van der Waals surface area contributed by atoms with E-state index < -0.39 is 10.0 Å². The zero-order chi connectivity index (χ0) is 24.0. The normalized spacial score (nSPS) is 16.3. The zero-order valence-electron chi connectivity index (χ0n) is 19.7. The number of morpholine rings is 1. The molecular weight excluding hydrogens is 454 g/mol. The SMILES string of the molecule is COc1ccc(S(=O)(=O)N2CCOCC2)cc1CCC(=O)NCCCN1CCc2ccccc21. The van der Waals surface area contributed by atoms with Crippen LogP contribution in [0.15, 0.2) is 47.4 Å². The van der Waals surface area contributed by atoms with Crippen LogP contribution in [0.2, 0.25) is 0 Å². The second kappa shape index (κ2) is 11.2. The number of hydrogen-bond donors (Lipinski definition) is 1. The van der Waals surface area contributed by atoms with Crippen LogP contribution < -0.4 is 15.0 Å². The van der Waals surface area contributed by atoms with Crippen molar-refractivity contribution in [2.75, 3.05) is 57.9 Å². The Hall–Kier alpha value is -2.62. The van der Waals surface area contributed by atoms with Crippen molar-refractivity contribution in [1.82, 2.24) is 9.62 Å². The fourth-order valence-electron chi connectivity index (χ4n) is 4.52. The van der Waals surface area contributed by atoms with Crippen LogP contribution >= 0.6 is 0 Å². The number of nitrogens with one attached hydrogen (secondary N) is 1. The van der Waals surface area contributed by atoms with Crippen LogP contribution in [0.1, 0.15) is 24.0 Å². The van der Waals surface area contributed by atoms with Gasteiger partial charge in [0.25, 0.3) is 0 Å². The van der Waals surface area contributed by atoms with Crippen molar-refractivity contribution in [2.24, 2.45) is 0 Å². The van der Waals surface area contributed by atoms with E-state index in [1.54, 1.807) is 25.3 Å². The maximum atomic E-state index is 13.0. The summed E-state index contributed by atoms with van der Waals surface area (Å²) in [6.07, 6.45) is 2.62. The summed E-state index contributed by atoms with van der Waals surface area (Å²) in [5.41, 5.74) is 3.40. The lowest BCUT2D eigenvalue weighted by atomic mass is 10.1. The van der Waals surface area contributed by atoms with Crippen LogP contribution in [0.5, 0.6) is 5.75 Å². The third kappa shape index (κ3) is 5.71. The standard InChI is InChI=1S/C25H33N3O5S/c1-32-24-9-8-22(34(30,31)28-15-17-33-18-16-28)19-21(24)7-10-25(29)26-12-4-13-27-14-11-20-5-2-3-6-23(20)27/h2-3,5-6,8-9,19H,4,7,10-18H2,1H3,(H,26,29). The first-order valence-corrected chi connectivity index (χ1v) is 13.3. The molecule has 8 nitrogen and oxygen atoms in total. The molecule has 2 aromatic rings. The summed E-state index contributed by atoms with van der Waals surface area (Å²) in [6.45, 7) is 4.02. The first-order chi connectivity index (χ1) is 16.5. The van der Waals surface area contributed by atoms with E-state index in [2.05, 4.69) is 34.5 Å². The number of ether oxygens (including phenoxy) is 2. The van der Waals surface area contributed by atoms with Gasteiger partial charge >= 0.3 is 0 Å². The molecule has 2 aliphatic rings. The molecule has 9 heteroatoms. The molecule has 184 valence electrons. The Morgan fingerprint density at radius 1 is 1.12 bits per heavy atom. The van der Waals surface area contributed by atoms with Crippen molar-refractivity contribution in [3.05, 3.63) is 53.6 Å². The van der Waals surface area contributed by atoms with Crippen LogP contribution in [0.3, 0.4) is 0 Å². The Morgan fingerprint density at radius 2 is 1.91 bits per heavy atom. The maximum Gasteiger partial charge on any atom is 0.243 e. The molecule has 2 aromatic carbocycles. The molecule has 0 radical (unpaired) electrons. The van der Waals surface area contributed by atoms with E-state index in [4.69, 9.17) is 9.47 Å². The van der Waals surface area contributed by atoms with Crippen molar-refractivity contribution in [3.63, 3.8) is 0 Å². The fraction of sp³-hybridized carbons (Fsp3) is 0.480. The van der Waals surface area contributed by atoms with Gasteiger partial charge in [-0.1, -0.05) is 18.2 Å². The number of aryl methyl sites for hydroxylation is 1. The molecule has 4 rings (SSSR count). The minimum atomic E-state index is -3.60. The number of anilines is 1. The molecule has 1 amide bonds. The molecular formula is C25H33N3O5S. The second-order valence-electron chi connectivity index (χ2n) is 8.56. The van der Waals surface area contributed by atoms with Crippen molar-refractivity contribution in [1.29, 1.82) is 0 Å². The van der Waals surface area contributed by atoms with Gasteiger partial charge in [0.05, 0.1) is 25.2 Å². The molecule has 34 heavy (non-hydrogen) atoms. The van der Waals surface area contributed by atoms with E-state index >= 15 is 0 Å². The second-order valence-corrected chi connectivity index (χ2v) is 10.5. The third-order valence-corrected chi connectivity index (χ3v) is 8.29. The average Bonchev–Trinajstić information content (AvgIpc) is 3.28. The lowest BCUT2D eigenvalue weighted by Crippen LogP contribution is -2.40. The monoisotopic (exact) mass is 487 g/mol. The molecule has 0 atom stereocenters. The van der Waals surface area contributed by atoms with Gasteiger partial charge in [-0.2, -0.15) is 4.31 Å². The highest BCUT2D eigenvalue weighted by Gasteiger charge is 2.27. The highest BCUT2D eigenvalue weighted by atomic mass is 32.2. The maximum absolute atomic E-state index is 13.0. The van der Waals surface area contributed by atoms with Crippen LogP contribution in [-0.4, -0.2) is 71.7 Å². The van der Waals surface area contributed by atoms with Gasteiger partial charge in [-0.25, -0.2) is 8.42 Å². The molecule has 2 aliphatic heterocycles. The van der Waals surface area contributed by atoms with Gasteiger partial charge < -0.3 is 19.7 Å². The highest BCUT2D eigenvalue weighted by Crippen LogP contribution is 2.28. The van der Waals surface area contributed by atoms with E-state index in [1.807, 2.05) is 0 Å². The lowest BCUT2D eigenvalue weighted by Gasteiger charge is -2.26.